The van der Waals surface area contributed by atoms with E-state index in [9.17, 15) is 18.8 Å². The molecule has 0 bridgehead atoms. The zero-order chi connectivity index (χ0) is 21.8. The molecule has 0 radical (unpaired) electrons. The number of fused-ring (bicyclic) bond motifs is 3. The Balaban J connectivity index is 1.83. The number of carbonyl (C=O) groups is 3. The monoisotopic (exact) mass is 408 g/mol. The number of aromatic nitrogens is 3. The minimum Gasteiger partial charge on any atom is -0.338 e. The maximum Gasteiger partial charge on any atom is 0.242 e. The van der Waals surface area contributed by atoms with Crippen LogP contribution in [0.5, 0.6) is 0 Å². The molecular formula is C20H17FN6O3. The Bertz CT molecular complexity index is 1260. The molecule has 0 aliphatic carbocycles. The van der Waals surface area contributed by atoms with Gasteiger partial charge in [0.05, 0.1) is 17.9 Å². The zero-order valence-corrected chi connectivity index (χ0v) is 16.1. The van der Waals surface area contributed by atoms with E-state index in [-0.39, 0.29) is 5.69 Å². The highest BCUT2D eigenvalue weighted by Gasteiger charge is 2.60. The number of pyridine rings is 2. The fourth-order valence-corrected chi connectivity index (χ4v) is 3.95. The van der Waals surface area contributed by atoms with E-state index < -0.39 is 40.8 Å². The van der Waals surface area contributed by atoms with Gasteiger partial charge in [-0.1, -0.05) is 0 Å². The normalized spacial score (nSPS) is 21.7. The van der Waals surface area contributed by atoms with Crippen LogP contribution in [0.15, 0.2) is 24.5 Å². The van der Waals surface area contributed by atoms with E-state index in [1.807, 2.05) is 0 Å². The van der Waals surface area contributed by atoms with Crippen molar-refractivity contribution in [2.45, 2.75) is 25.4 Å². The predicted molar refractivity (Wildman–Crippen MR) is 106 cm³/mol. The fourth-order valence-electron chi connectivity index (χ4n) is 3.95. The third kappa shape index (κ3) is 2.49. The van der Waals surface area contributed by atoms with Crippen molar-refractivity contribution in [3.05, 3.63) is 36.0 Å². The third-order valence-corrected chi connectivity index (χ3v) is 5.31. The summed E-state index contributed by atoms with van der Waals surface area (Å²) < 4.78 is 13.6. The van der Waals surface area contributed by atoms with E-state index >= 15 is 0 Å². The van der Waals surface area contributed by atoms with Crippen LogP contribution in [0.2, 0.25) is 0 Å². The number of halogens is 1. The summed E-state index contributed by atoms with van der Waals surface area (Å²) in [4.78, 5) is 51.2. The predicted octanol–water partition coefficient (Wildman–Crippen LogP) is 1.91. The first-order valence-electron chi connectivity index (χ1n) is 9.13. The molecule has 3 aromatic heterocycles. The van der Waals surface area contributed by atoms with E-state index in [4.69, 9.17) is 10.8 Å². The van der Waals surface area contributed by atoms with Crippen molar-refractivity contribution in [3.63, 3.8) is 0 Å². The van der Waals surface area contributed by atoms with Crippen molar-refractivity contribution in [2.75, 3.05) is 0 Å². The molecule has 1 atom stereocenters. The van der Waals surface area contributed by atoms with Crippen LogP contribution < -0.4 is 0 Å². The van der Waals surface area contributed by atoms with Gasteiger partial charge in [-0.05, 0) is 26.0 Å². The standard InChI is InChI=1S/C20H17FN6O3/c1-9(2)27-19(30)15(17(29)20(27,7-22)8-23)16(28)13-4-11-12-3-10(21)5-25-18(12)26-14(11)6-24-13/h3-9,15,22-23H,1-2H3,(H,25,26). The molecular weight excluding hydrogens is 391 g/mol. The van der Waals surface area contributed by atoms with Crippen LogP contribution in [-0.2, 0) is 9.59 Å². The summed E-state index contributed by atoms with van der Waals surface area (Å²) in [5, 5.41) is 16.2. The molecule has 1 fully saturated rings. The lowest BCUT2D eigenvalue weighted by molar-refractivity contribution is -0.132. The highest BCUT2D eigenvalue weighted by molar-refractivity contribution is 6.38. The number of rotatable bonds is 5. The quantitative estimate of drug-likeness (QED) is 0.336. The Morgan fingerprint density at radius 1 is 1.20 bits per heavy atom. The fraction of sp³-hybridized carbons (Fsp3) is 0.250. The van der Waals surface area contributed by atoms with Gasteiger partial charge in [0.1, 0.15) is 17.2 Å². The van der Waals surface area contributed by atoms with Gasteiger partial charge < -0.3 is 20.7 Å². The van der Waals surface area contributed by atoms with E-state index in [0.29, 0.717) is 34.4 Å². The van der Waals surface area contributed by atoms with Gasteiger partial charge in [0.2, 0.25) is 11.7 Å². The number of H-pyrrole nitrogens is 1. The van der Waals surface area contributed by atoms with Crippen LogP contribution in [-0.4, -0.2) is 61.3 Å². The SMILES string of the molecule is CC(C)N1C(=O)C(C(=O)c2cc3c(cn2)[nH]c2ncc(F)cc23)C(=O)C1(C=N)C=N. The van der Waals surface area contributed by atoms with E-state index in [2.05, 4.69) is 15.0 Å². The van der Waals surface area contributed by atoms with Crippen LogP contribution in [0.3, 0.4) is 0 Å². The first-order chi connectivity index (χ1) is 14.2. The molecule has 1 unspecified atom stereocenters. The Kier molecular flexibility index (Phi) is 4.30. The average molecular weight is 408 g/mol. The molecule has 4 rings (SSSR count). The number of Topliss-reactive ketones (excluding diaryl/α,β-unsaturated/α-hetero) is 2. The highest BCUT2D eigenvalue weighted by Crippen LogP contribution is 2.33. The molecule has 1 aliphatic rings. The number of hydrogen-bond acceptors (Lipinski definition) is 7. The number of aromatic amines is 1. The lowest BCUT2D eigenvalue weighted by Crippen LogP contribution is -2.55. The maximum atomic E-state index is 13.6. The minimum atomic E-state index is -1.90. The number of amides is 1. The molecule has 9 nitrogen and oxygen atoms in total. The minimum absolute atomic E-state index is 0.145. The van der Waals surface area contributed by atoms with E-state index in [1.165, 1.54) is 18.3 Å². The van der Waals surface area contributed by atoms with Gasteiger partial charge in [-0.25, -0.2) is 9.37 Å². The Labute approximate surface area is 169 Å². The summed E-state index contributed by atoms with van der Waals surface area (Å²) in [6, 6.07) is 2.13. The molecule has 10 heteroatoms. The Hall–Kier alpha value is -3.82. The number of likely N-dealkylation sites (tertiary alicyclic amines) is 1. The van der Waals surface area contributed by atoms with Gasteiger partial charge in [-0.15, -0.1) is 0 Å². The van der Waals surface area contributed by atoms with Gasteiger partial charge in [-0.2, -0.15) is 0 Å². The number of nitrogens with one attached hydrogen (secondary N) is 3. The summed E-state index contributed by atoms with van der Waals surface area (Å²) in [7, 11) is 0. The average Bonchev–Trinajstić information content (AvgIpc) is 3.18. The topological polar surface area (TPSA) is 144 Å². The lowest BCUT2D eigenvalue weighted by atomic mass is 9.88. The van der Waals surface area contributed by atoms with Crippen LogP contribution in [0.25, 0.3) is 21.9 Å². The van der Waals surface area contributed by atoms with Gasteiger partial charge in [0, 0.05) is 29.2 Å². The van der Waals surface area contributed by atoms with Crippen LogP contribution in [0.4, 0.5) is 4.39 Å². The Morgan fingerprint density at radius 3 is 2.50 bits per heavy atom. The molecule has 1 saturated heterocycles. The molecule has 152 valence electrons. The largest absolute Gasteiger partial charge is 0.338 e. The number of nitrogens with zero attached hydrogens (tertiary/aromatic N) is 3. The molecule has 4 heterocycles. The van der Waals surface area contributed by atoms with Crippen molar-refractivity contribution in [1.29, 1.82) is 10.8 Å². The van der Waals surface area contributed by atoms with Crippen LogP contribution in [0, 0.1) is 22.6 Å². The highest BCUT2D eigenvalue weighted by atomic mass is 19.1. The van der Waals surface area contributed by atoms with E-state index in [0.717, 1.165) is 11.1 Å². The molecule has 0 saturated carbocycles. The first kappa shape index (κ1) is 19.5. The second-order valence-electron chi connectivity index (χ2n) is 7.37. The first-order valence-corrected chi connectivity index (χ1v) is 9.13. The van der Waals surface area contributed by atoms with Gasteiger partial charge >= 0.3 is 0 Å². The van der Waals surface area contributed by atoms with Crippen molar-refractivity contribution in [1.82, 2.24) is 19.9 Å². The molecule has 3 aromatic rings. The van der Waals surface area contributed by atoms with Crippen molar-refractivity contribution < 1.29 is 18.8 Å². The van der Waals surface area contributed by atoms with Crippen LogP contribution >= 0.6 is 0 Å². The third-order valence-electron chi connectivity index (χ3n) is 5.31. The number of hydrogen-bond donors (Lipinski definition) is 3. The lowest BCUT2D eigenvalue weighted by Gasteiger charge is -2.32. The van der Waals surface area contributed by atoms with Crippen molar-refractivity contribution in [3.8, 4) is 0 Å². The number of carbonyl (C=O) groups excluding carboxylic acids is 3. The summed E-state index contributed by atoms with van der Waals surface area (Å²) in [5.41, 5.74) is -1.12. The molecule has 3 N–H and O–H groups in total. The zero-order valence-electron chi connectivity index (χ0n) is 16.1. The maximum absolute atomic E-state index is 13.6. The second-order valence-corrected chi connectivity index (χ2v) is 7.37. The van der Waals surface area contributed by atoms with Crippen molar-refractivity contribution >= 4 is 51.8 Å². The summed E-state index contributed by atoms with van der Waals surface area (Å²) >= 11 is 0. The molecule has 30 heavy (non-hydrogen) atoms. The van der Waals surface area contributed by atoms with Crippen molar-refractivity contribution in [2.24, 2.45) is 5.92 Å². The summed E-state index contributed by atoms with van der Waals surface area (Å²) in [6.45, 7) is 3.27. The smallest absolute Gasteiger partial charge is 0.242 e. The van der Waals surface area contributed by atoms with Gasteiger partial charge in [0.25, 0.3) is 0 Å². The van der Waals surface area contributed by atoms with Gasteiger partial charge in [-0.3, -0.25) is 19.4 Å². The molecule has 0 spiro atoms. The number of ketones is 2. The Morgan fingerprint density at radius 2 is 1.90 bits per heavy atom. The van der Waals surface area contributed by atoms with Gasteiger partial charge in [0.15, 0.2) is 17.2 Å². The summed E-state index contributed by atoms with van der Waals surface area (Å²) in [6.07, 6.45) is 3.82. The van der Waals surface area contributed by atoms with E-state index in [1.54, 1.807) is 13.8 Å². The summed E-state index contributed by atoms with van der Waals surface area (Å²) in [5.74, 6) is -4.73. The van der Waals surface area contributed by atoms with Crippen LogP contribution in [0.1, 0.15) is 24.3 Å². The second kappa shape index (κ2) is 6.61. The molecule has 1 amide bonds. The molecule has 0 aromatic carbocycles. The molecule has 1 aliphatic heterocycles.